The fourth-order valence-corrected chi connectivity index (χ4v) is 4.37. The molecule has 1 saturated carbocycles. The second kappa shape index (κ2) is 9.81. The van der Waals surface area contributed by atoms with Crippen molar-refractivity contribution < 1.29 is 13.7 Å². The summed E-state index contributed by atoms with van der Waals surface area (Å²) < 4.78 is 29.6. The molecular weight excluding hydrogens is 453 g/mol. The van der Waals surface area contributed by atoms with Gasteiger partial charge in [0.05, 0.1) is 33.7 Å². The van der Waals surface area contributed by atoms with Crippen LogP contribution in [0.3, 0.4) is 0 Å². The number of halogens is 2. The average molecular weight is 474 g/mol. The van der Waals surface area contributed by atoms with Crippen molar-refractivity contribution in [2.75, 3.05) is 10.0 Å². The van der Waals surface area contributed by atoms with Crippen molar-refractivity contribution in [1.29, 1.82) is 0 Å². The standard InChI is InChI=1S/C22H21ClFN5O2S/c1-2-17(19-7-8-26-22(28-19)29-32(31)16-4-5-16)21(30)27-20-6-3-13(10-18(20)24)14-9-15(23)12-25-11-14/h3,6-12,16-17H,2,4-5H2,1H3,(H,27,30)(H,26,28,29). The summed E-state index contributed by atoms with van der Waals surface area (Å²) in [6.07, 6.45) is 6.87. The van der Waals surface area contributed by atoms with Crippen LogP contribution in [-0.4, -0.2) is 30.7 Å². The lowest BCUT2D eigenvalue weighted by molar-refractivity contribution is -0.117. The lowest BCUT2D eigenvalue weighted by Gasteiger charge is -2.16. The number of nitrogens with zero attached hydrogens (tertiary/aromatic N) is 3. The molecule has 0 saturated heterocycles. The first-order chi connectivity index (χ1) is 15.4. The Balaban J connectivity index is 1.48. The topological polar surface area (TPSA) is 103 Å². The van der Waals surface area contributed by atoms with Crippen molar-refractivity contribution in [1.82, 2.24) is 15.0 Å². The van der Waals surface area contributed by atoms with Gasteiger partial charge in [-0.05, 0) is 36.2 Å². The van der Waals surface area contributed by atoms with Crippen molar-refractivity contribution in [2.45, 2.75) is 37.4 Å². The van der Waals surface area contributed by atoms with Gasteiger partial charge in [-0.25, -0.2) is 14.4 Å². The quantitative estimate of drug-likeness (QED) is 0.459. The van der Waals surface area contributed by atoms with Gasteiger partial charge in [0.25, 0.3) is 5.95 Å². The predicted molar refractivity (Wildman–Crippen MR) is 123 cm³/mol. The summed E-state index contributed by atoms with van der Waals surface area (Å²) in [5, 5.41) is 3.22. The van der Waals surface area contributed by atoms with E-state index in [1.54, 1.807) is 24.4 Å². The van der Waals surface area contributed by atoms with E-state index >= 15 is 0 Å². The molecule has 4 rings (SSSR count). The van der Waals surface area contributed by atoms with E-state index in [0.29, 0.717) is 28.3 Å². The van der Waals surface area contributed by atoms with Crippen LogP contribution in [0.1, 0.15) is 37.8 Å². The van der Waals surface area contributed by atoms with Crippen LogP contribution in [0.2, 0.25) is 5.02 Å². The van der Waals surface area contributed by atoms with E-state index in [9.17, 15) is 13.7 Å². The Morgan fingerprint density at radius 2 is 2.09 bits per heavy atom. The van der Waals surface area contributed by atoms with E-state index in [1.165, 1.54) is 24.5 Å². The molecule has 1 amide bonds. The Hall–Kier alpha value is -2.75. The zero-order valence-electron chi connectivity index (χ0n) is 17.2. The van der Waals surface area contributed by atoms with Crippen LogP contribution in [0.25, 0.3) is 11.1 Å². The Labute approximate surface area is 193 Å². The van der Waals surface area contributed by atoms with E-state index in [4.69, 9.17) is 11.6 Å². The summed E-state index contributed by atoms with van der Waals surface area (Å²) in [5.41, 5.74) is 1.80. The normalized spacial score (nSPS) is 15.1. The predicted octanol–water partition coefficient (Wildman–Crippen LogP) is 4.70. The maximum atomic E-state index is 14.7. The molecule has 2 unspecified atom stereocenters. The number of aromatic nitrogens is 3. The number of benzene rings is 1. The van der Waals surface area contributed by atoms with Crippen LogP contribution in [-0.2, 0) is 16.2 Å². The smallest absolute Gasteiger partial charge is 0.265 e. The molecule has 7 nitrogen and oxygen atoms in total. The molecule has 2 N–H and O–H groups in total. The van der Waals surface area contributed by atoms with Gasteiger partial charge in [-0.1, -0.05) is 24.6 Å². The molecular formula is C22H21ClFN5O2S. The zero-order chi connectivity index (χ0) is 22.7. The van der Waals surface area contributed by atoms with Gasteiger partial charge >= 0.3 is 0 Å². The number of rotatable bonds is 8. The van der Waals surface area contributed by atoms with Gasteiger partial charge in [-0.2, -0.15) is 4.72 Å². The number of amides is 1. The largest absolute Gasteiger partial charge is 0.593 e. The highest BCUT2D eigenvalue weighted by molar-refractivity contribution is 7.93. The second-order valence-corrected chi connectivity index (χ2v) is 9.34. The van der Waals surface area contributed by atoms with Crippen LogP contribution in [0, 0.1) is 5.82 Å². The molecule has 10 heteroatoms. The number of carbonyl (C=O) groups excluding carboxylic acids is 1. The van der Waals surface area contributed by atoms with Gasteiger partial charge in [-0.3, -0.25) is 9.78 Å². The summed E-state index contributed by atoms with van der Waals surface area (Å²) in [4.78, 5) is 25.3. The highest BCUT2D eigenvalue weighted by Crippen LogP contribution is 2.30. The van der Waals surface area contributed by atoms with E-state index in [0.717, 1.165) is 12.8 Å². The van der Waals surface area contributed by atoms with Crippen LogP contribution in [0.15, 0.2) is 48.9 Å². The van der Waals surface area contributed by atoms with Gasteiger partial charge in [-0.15, -0.1) is 0 Å². The molecule has 1 aromatic carbocycles. The SMILES string of the molecule is CCC(C(=O)Nc1ccc(-c2cncc(Cl)c2)cc1F)c1ccnc(N[S+]([O-])C2CC2)n1. The average Bonchev–Trinajstić information content (AvgIpc) is 3.62. The highest BCUT2D eigenvalue weighted by Gasteiger charge is 2.35. The Kier molecular flexibility index (Phi) is 6.88. The third kappa shape index (κ3) is 5.35. The van der Waals surface area contributed by atoms with Crippen LogP contribution in [0.4, 0.5) is 16.0 Å². The molecule has 32 heavy (non-hydrogen) atoms. The molecule has 0 aliphatic heterocycles. The maximum Gasteiger partial charge on any atom is 0.265 e. The van der Waals surface area contributed by atoms with Crippen LogP contribution < -0.4 is 10.0 Å². The van der Waals surface area contributed by atoms with Gasteiger partial charge in [0.15, 0.2) is 0 Å². The monoisotopic (exact) mass is 473 g/mol. The van der Waals surface area contributed by atoms with Gasteiger partial charge in [0.1, 0.15) is 11.1 Å². The van der Waals surface area contributed by atoms with Crippen molar-refractivity contribution >= 4 is 40.5 Å². The minimum absolute atomic E-state index is 0.0643. The summed E-state index contributed by atoms with van der Waals surface area (Å²) in [5.74, 6) is -1.37. The summed E-state index contributed by atoms with van der Waals surface area (Å²) >= 11 is 4.72. The van der Waals surface area contributed by atoms with E-state index in [1.807, 2.05) is 6.92 Å². The first kappa shape index (κ1) is 22.4. The third-order valence-electron chi connectivity index (χ3n) is 5.04. The molecule has 3 aromatic rings. The van der Waals surface area contributed by atoms with Crippen molar-refractivity contribution in [3.05, 3.63) is 65.5 Å². The van der Waals surface area contributed by atoms with Crippen LogP contribution in [0.5, 0.6) is 0 Å². The first-order valence-electron chi connectivity index (χ1n) is 10.2. The molecule has 0 radical (unpaired) electrons. The molecule has 2 aromatic heterocycles. The number of carbonyl (C=O) groups is 1. The van der Waals surface area contributed by atoms with Gasteiger partial charge < -0.3 is 9.87 Å². The van der Waals surface area contributed by atoms with E-state index in [-0.39, 0.29) is 16.9 Å². The van der Waals surface area contributed by atoms with Crippen molar-refractivity contribution in [2.24, 2.45) is 0 Å². The minimum Gasteiger partial charge on any atom is -0.593 e. The van der Waals surface area contributed by atoms with Crippen LogP contribution >= 0.6 is 11.6 Å². The molecule has 166 valence electrons. The van der Waals surface area contributed by atoms with E-state index < -0.39 is 29.0 Å². The molecule has 0 bridgehead atoms. The number of nitrogens with one attached hydrogen (secondary N) is 2. The third-order valence-corrected chi connectivity index (χ3v) is 6.71. The van der Waals surface area contributed by atoms with Crippen molar-refractivity contribution in [3.63, 3.8) is 0 Å². The Morgan fingerprint density at radius 1 is 1.28 bits per heavy atom. The number of hydrogen-bond acceptors (Lipinski definition) is 6. The summed E-state index contributed by atoms with van der Waals surface area (Å²) in [7, 11) is 0. The first-order valence-corrected chi connectivity index (χ1v) is 11.7. The zero-order valence-corrected chi connectivity index (χ0v) is 18.8. The lowest BCUT2D eigenvalue weighted by atomic mass is 10.0. The van der Waals surface area contributed by atoms with Crippen molar-refractivity contribution in [3.8, 4) is 11.1 Å². The molecule has 2 heterocycles. The summed E-state index contributed by atoms with van der Waals surface area (Å²) in [6, 6.07) is 7.83. The fourth-order valence-electron chi connectivity index (χ4n) is 3.19. The number of anilines is 2. The van der Waals surface area contributed by atoms with Gasteiger partial charge in [0.2, 0.25) is 5.91 Å². The lowest BCUT2D eigenvalue weighted by Crippen LogP contribution is -2.23. The molecule has 1 fully saturated rings. The number of pyridine rings is 1. The highest BCUT2D eigenvalue weighted by atomic mass is 35.5. The van der Waals surface area contributed by atoms with E-state index in [2.05, 4.69) is 25.0 Å². The summed E-state index contributed by atoms with van der Waals surface area (Å²) in [6.45, 7) is 1.84. The number of hydrogen-bond donors (Lipinski definition) is 2. The molecule has 0 spiro atoms. The molecule has 1 aliphatic carbocycles. The minimum atomic E-state index is -1.24. The fraction of sp³-hybridized carbons (Fsp3) is 0.273. The Morgan fingerprint density at radius 3 is 2.78 bits per heavy atom. The molecule has 2 atom stereocenters. The maximum absolute atomic E-state index is 14.7. The Bertz CT molecular complexity index is 1130. The molecule has 1 aliphatic rings. The second-order valence-electron chi connectivity index (χ2n) is 7.44. The van der Waals surface area contributed by atoms with Gasteiger partial charge in [0, 0.05) is 37.0 Å².